The van der Waals surface area contributed by atoms with E-state index in [1.54, 1.807) is 25.3 Å². The molecular weight excluding hydrogens is 320 g/mol. The van der Waals surface area contributed by atoms with Gasteiger partial charge in [0.1, 0.15) is 5.75 Å². The maximum absolute atomic E-state index is 12.5. The summed E-state index contributed by atoms with van der Waals surface area (Å²) in [6, 6.07) is 13.9. The first-order chi connectivity index (χ1) is 11.1. The third-order valence-electron chi connectivity index (χ3n) is 3.21. The summed E-state index contributed by atoms with van der Waals surface area (Å²) in [7, 11) is 1.60. The van der Waals surface area contributed by atoms with Crippen LogP contribution in [0.5, 0.6) is 5.75 Å². The van der Waals surface area contributed by atoms with Gasteiger partial charge in [0.05, 0.1) is 12.7 Å². The Hall–Kier alpha value is -2.08. The van der Waals surface area contributed by atoms with Crippen LogP contribution in [0.3, 0.4) is 0 Å². The molecule has 23 heavy (non-hydrogen) atoms. The number of rotatable bonds is 7. The van der Waals surface area contributed by atoms with Crippen LogP contribution in [-0.2, 0) is 6.42 Å². The van der Waals surface area contributed by atoms with Crippen LogP contribution in [0.15, 0.2) is 53.4 Å². The predicted molar refractivity (Wildman–Crippen MR) is 87.3 cm³/mol. The fourth-order valence-corrected chi connectivity index (χ4v) is 2.70. The fraction of sp³-hybridized carbons (Fsp3) is 0.235. The molecule has 1 amide bonds. The number of hydrogen-bond acceptors (Lipinski definition) is 3. The molecule has 3 nitrogen and oxygen atoms in total. The van der Waals surface area contributed by atoms with E-state index in [-0.39, 0.29) is 16.4 Å². The number of alkyl halides is 2. The lowest BCUT2D eigenvalue weighted by Gasteiger charge is -2.09. The highest BCUT2D eigenvalue weighted by Gasteiger charge is 2.14. The lowest BCUT2D eigenvalue weighted by atomic mass is 10.1. The third kappa shape index (κ3) is 5.25. The molecule has 122 valence electrons. The lowest BCUT2D eigenvalue weighted by molar-refractivity contribution is 0.0951. The number of halogens is 2. The molecule has 0 aliphatic heterocycles. The Morgan fingerprint density at radius 3 is 2.52 bits per heavy atom. The average Bonchev–Trinajstić information content (AvgIpc) is 2.55. The van der Waals surface area contributed by atoms with Crippen molar-refractivity contribution in [2.45, 2.75) is 17.1 Å². The van der Waals surface area contributed by atoms with Crippen LogP contribution in [0.2, 0.25) is 0 Å². The topological polar surface area (TPSA) is 38.3 Å². The highest BCUT2D eigenvalue weighted by Crippen LogP contribution is 2.28. The van der Waals surface area contributed by atoms with Crippen molar-refractivity contribution in [2.24, 2.45) is 0 Å². The SMILES string of the molecule is COc1ccc(CCNC(=O)c2ccccc2SC(F)F)cc1. The van der Waals surface area contributed by atoms with E-state index < -0.39 is 5.76 Å². The van der Waals surface area contributed by atoms with E-state index in [0.717, 1.165) is 11.3 Å². The summed E-state index contributed by atoms with van der Waals surface area (Å²) in [6.07, 6.45) is 0.653. The molecule has 0 heterocycles. The quantitative estimate of drug-likeness (QED) is 0.777. The molecule has 0 saturated heterocycles. The van der Waals surface area contributed by atoms with Gasteiger partial charge in [-0.1, -0.05) is 36.0 Å². The summed E-state index contributed by atoms with van der Waals surface area (Å²) < 4.78 is 30.1. The average molecular weight is 337 g/mol. The summed E-state index contributed by atoms with van der Waals surface area (Å²) in [5.41, 5.74) is 1.33. The molecule has 0 aromatic heterocycles. The van der Waals surface area contributed by atoms with E-state index in [0.29, 0.717) is 24.7 Å². The number of thioether (sulfide) groups is 1. The Morgan fingerprint density at radius 2 is 1.87 bits per heavy atom. The molecule has 0 aliphatic rings. The molecule has 2 aromatic rings. The predicted octanol–water partition coefficient (Wildman–Crippen LogP) is 3.98. The molecule has 6 heteroatoms. The van der Waals surface area contributed by atoms with Crippen LogP contribution < -0.4 is 10.1 Å². The first-order valence-corrected chi connectivity index (χ1v) is 7.93. The lowest BCUT2D eigenvalue weighted by Crippen LogP contribution is -2.26. The first-order valence-electron chi connectivity index (χ1n) is 7.05. The van der Waals surface area contributed by atoms with Crippen molar-refractivity contribution < 1.29 is 18.3 Å². The Morgan fingerprint density at radius 1 is 1.17 bits per heavy atom. The van der Waals surface area contributed by atoms with Crippen molar-refractivity contribution in [3.63, 3.8) is 0 Å². The zero-order chi connectivity index (χ0) is 16.7. The second-order valence-corrected chi connectivity index (χ2v) is 5.76. The number of nitrogens with one attached hydrogen (secondary N) is 1. The Balaban J connectivity index is 1.91. The van der Waals surface area contributed by atoms with Gasteiger partial charge >= 0.3 is 0 Å². The smallest absolute Gasteiger partial charge is 0.288 e. The van der Waals surface area contributed by atoms with E-state index in [2.05, 4.69) is 5.32 Å². The van der Waals surface area contributed by atoms with Crippen molar-refractivity contribution in [2.75, 3.05) is 13.7 Å². The summed E-state index contributed by atoms with van der Waals surface area (Å²) in [5, 5.41) is 2.76. The van der Waals surface area contributed by atoms with Crippen LogP contribution in [0.1, 0.15) is 15.9 Å². The Kier molecular flexibility index (Phi) is 6.40. The van der Waals surface area contributed by atoms with Crippen LogP contribution in [0.25, 0.3) is 0 Å². The standard InChI is InChI=1S/C17H17F2NO2S/c1-22-13-8-6-12(7-9-13)10-11-20-16(21)14-4-2-3-5-15(14)23-17(18)19/h2-9,17H,10-11H2,1H3,(H,20,21). The van der Waals surface area contributed by atoms with Crippen LogP contribution in [0, 0.1) is 0 Å². The third-order valence-corrected chi connectivity index (χ3v) is 3.99. The van der Waals surface area contributed by atoms with Gasteiger partial charge in [-0.25, -0.2) is 0 Å². The zero-order valence-electron chi connectivity index (χ0n) is 12.6. The molecule has 0 aliphatic carbocycles. The van der Waals surface area contributed by atoms with E-state index in [1.165, 1.54) is 6.07 Å². The summed E-state index contributed by atoms with van der Waals surface area (Å²) >= 11 is 0.379. The number of hydrogen-bond donors (Lipinski definition) is 1. The molecule has 0 radical (unpaired) electrons. The first kappa shape index (κ1) is 17.3. The molecule has 2 aromatic carbocycles. The Labute approximate surface area is 138 Å². The fourth-order valence-electron chi connectivity index (χ4n) is 2.06. The molecule has 0 atom stereocenters. The van der Waals surface area contributed by atoms with E-state index in [4.69, 9.17) is 4.74 Å². The largest absolute Gasteiger partial charge is 0.497 e. The van der Waals surface area contributed by atoms with Gasteiger partial charge < -0.3 is 10.1 Å². The number of carbonyl (C=O) groups excluding carboxylic acids is 1. The molecule has 0 saturated carbocycles. The van der Waals surface area contributed by atoms with Gasteiger partial charge in [-0.2, -0.15) is 8.78 Å². The van der Waals surface area contributed by atoms with E-state index in [9.17, 15) is 13.6 Å². The molecule has 0 bridgehead atoms. The van der Waals surface area contributed by atoms with E-state index in [1.807, 2.05) is 24.3 Å². The van der Waals surface area contributed by atoms with Crippen LogP contribution in [-0.4, -0.2) is 25.3 Å². The molecule has 0 fully saturated rings. The normalized spacial score (nSPS) is 10.6. The highest BCUT2D eigenvalue weighted by atomic mass is 32.2. The van der Waals surface area contributed by atoms with Crippen molar-refractivity contribution in [1.82, 2.24) is 5.32 Å². The van der Waals surface area contributed by atoms with Gasteiger partial charge in [-0.3, -0.25) is 4.79 Å². The minimum absolute atomic E-state index is 0.271. The summed E-state index contributed by atoms with van der Waals surface area (Å²) in [5.74, 6) is -2.12. The zero-order valence-corrected chi connectivity index (χ0v) is 13.4. The number of ether oxygens (including phenoxy) is 1. The molecule has 1 N–H and O–H groups in total. The number of amides is 1. The minimum atomic E-state index is -2.55. The van der Waals surface area contributed by atoms with Gasteiger partial charge in [0.2, 0.25) is 0 Å². The molecule has 0 unspecified atom stereocenters. The maximum atomic E-state index is 12.5. The summed E-state index contributed by atoms with van der Waals surface area (Å²) in [4.78, 5) is 12.4. The van der Waals surface area contributed by atoms with Gasteiger partial charge in [0.25, 0.3) is 11.7 Å². The monoisotopic (exact) mass is 337 g/mol. The molecule has 0 spiro atoms. The number of carbonyl (C=O) groups is 1. The van der Waals surface area contributed by atoms with Crippen molar-refractivity contribution >= 4 is 17.7 Å². The van der Waals surface area contributed by atoms with Crippen LogP contribution in [0.4, 0.5) is 8.78 Å². The van der Waals surface area contributed by atoms with Crippen molar-refractivity contribution in [3.05, 3.63) is 59.7 Å². The summed E-state index contributed by atoms with van der Waals surface area (Å²) in [6.45, 7) is 0.429. The van der Waals surface area contributed by atoms with E-state index >= 15 is 0 Å². The van der Waals surface area contributed by atoms with Gasteiger partial charge in [0.15, 0.2) is 0 Å². The molecular formula is C17H17F2NO2S. The maximum Gasteiger partial charge on any atom is 0.288 e. The van der Waals surface area contributed by atoms with Gasteiger partial charge in [0, 0.05) is 11.4 Å². The second-order valence-electron chi connectivity index (χ2n) is 4.73. The molecule has 2 rings (SSSR count). The highest BCUT2D eigenvalue weighted by molar-refractivity contribution is 7.99. The van der Waals surface area contributed by atoms with Gasteiger partial charge in [-0.05, 0) is 36.2 Å². The van der Waals surface area contributed by atoms with Crippen molar-refractivity contribution in [3.8, 4) is 5.75 Å². The van der Waals surface area contributed by atoms with Crippen LogP contribution >= 0.6 is 11.8 Å². The van der Waals surface area contributed by atoms with Crippen molar-refractivity contribution in [1.29, 1.82) is 0 Å². The van der Waals surface area contributed by atoms with Gasteiger partial charge in [-0.15, -0.1) is 0 Å². The second kappa shape index (κ2) is 8.53. The Bertz CT molecular complexity index is 647. The minimum Gasteiger partial charge on any atom is -0.497 e. The number of benzene rings is 2. The number of methoxy groups -OCH3 is 1.